The van der Waals surface area contributed by atoms with E-state index < -0.39 is 5.91 Å². The summed E-state index contributed by atoms with van der Waals surface area (Å²) in [5.41, 5.74) is 3.24. The fourth-order valence-corrected chi connectivity index (χ4v) is 3.71. The minimum atomic E-state index is -0.423. The molecule has 1 aliphatic rings. The van der Waals surface area contributed by atoms with E-state index in [1.54, 1.807) is 19.5 Å². The summed E-state index contributed by atoms with van der Waals surface area (Å²) >= 11 is 0. The highest BCUT2D eigenvalue weighted by molar-refractivity contribution is 6.03. The molecule has 0 bridgehead atoms. The van der Waals surface area contributed by atoms with Gasteiger partial charge in [-0.1, -0.05) is 0 Å². The molecule has 31 heavy (non-hydrogen) atoms. The average molecular weight is 418 g/mol. The van der Waals surface area contributed by atoms with Gasteiger partial charge in [0.05, 0.1) is 36.6 Å². The van der Waals surface area contributed by atoms with Gasteiger partial charge in [0.15, 0.2) is 5.76 Å². The number of aromatic nitrogens is 3. The molecule has 9 heteroatoms. The number of aromatic amines is 1. The van der Waals surface area contributed by atoms with Crippen LogP contribution in [-0.4, -0.2) is 54.1 Å². The van der Waals surface area contributed by atoms with Crippen LogP contribution in [0.3, 0.4) is 0 Å². The number of methoxy groups -OCH3 is 1. The summed E-state index contributed by atoms with van der Waals surface area (Å²) in [5.74, 6) is 0.816. The smallest absolute Gasteiger partial charge is 0.311 e. The van der Waals surface area contributed by atoms with Gasteiger partial charge in [-0.2, -0.15) is 0 Å². The molecule has 158 valence electrons. The van der Waals surface area contributed by atoms with Crippen molar-refractivity contribution in [3.8, 4) is 17.2 Å². The lowest BCUT2D eigenvalue weighted by Crippen LogP contribution is -2.43. The quantitative estimate of drug-likeness (QED) is 0.457. The zero-order valence-corrected chi connectivity index (χ0v) is 17.0. The second-order valence-electron chi connectivity index (χ2n) is 7.25. The number of oxazole rings is 1. The van der Waals surface area contributed by atoms with Crippen LogP contribution in [0.15, 0.2) is 53.3 Å². The molecule has 0 spiro atoms. The lowest BCUT2D eigenvalue weighted by Gasteiger charge is -2.30. The largest absolute Gasteiger partial charge is 0.497 e. The Morgan fingerprint density at radius 3 is 2.90 bits per heavy atom. The Morgan fingerprint density at radius 1 is 1.19 bits per heavy atom. The van der Waals surface area contributed by atoms with Crippen LogP contribution >= 0.6 is 0 Å². The molecule has 3 aromatic heterocycles. The first kappa shape index (κ1) is 19.1. The van der Waals surface area contributed by atoms with Crippen molar-refractivity contribution in [2.75, 3.05) is 43.5 Å². The van der Waals surface area contributed by atoms with E-state index in [9.17, 15) is 4.79 Å². The van der Waals surface area contributed by atoms with Gasteiger partial charge in [0.2, 0.25) is 0 Å². The minimum absolute atomic E-state index is 0.0126. The van der Waals surface area contributed by atoms with Crippen LogP contribution in [-0.2, 0) is 0 Å². The number of carbonyl (C=O) groups excluding carboxylic acids is 1. The first-order valence-corrected chi connectivity index (χ1v) is 10.1. The molecule has 1 amide bonds. The predicted molar refractivity (Wildman–Crippen MR) is 118 cm³/mol. The van der Waals surface area contributed by atoms with Crippen molar-refractivity contribution in [1.82, 2.24) is 20.3 Å². The van der Waals surface area contributed by atoms with Gasteiger partial charge in [-0.05, 0) is 30.3 Å². The Kier molecular flexibility index (Phi) is 5.01. The second-order valence-corrected chi connectivity index (χ2v) is 7.25. The van der Waals surface area contributed by atoms with Crippen molar-refractivity contribution in [2.24, 2.45) is 0 Å². The van der Waals surface area contributed by atoms with E-state index in [-0.39, 0.29) is 5.89 Å². The molecule has 1 aromatic carbocycles. The number of rotatable bonds is 5. The number of carbonyl (C=O) groups is 1. The Hall–Kier alpha value is -3.85. The van der Waals surface area contributed by atoms with Crippen LogP contribution in [0.25, 0.3) is 22.4 Å². The van der Waals surface area contributed by atoms with E-state index in [0.717, 1.165) is 54.2 Å². The van der Waals surface area contributed by atoms with Crippen LogP contribution in [0.2, 0.25) is 0 Å². The first-order valence-electron chi connectivity index (χ1n) is 10.1. The highest BCUT2D eigenvalue weighted by Gasteiger charge is 2.20. The van der Waals surface area contributed by atoms with Crippen LogP contribution < -0.4 is 20.3 Å². The monoisotopic (exact) mass is 418 g/mol. The van der Waals surface area contributed by atoms with Gasteiger partial charge in [0, 0.05) is 43.3 Å². The number of hydrogen-bond acceptors (Lipinski definition) is 7. The van der Waals surface area contributed by atoms with Crippen molar-refractivity contribution in [3.63, 3.8) is 0 Å². The number of anilines is 2. The number of amides is 1. The van der Waals surface area contributed by atoms with E-state index in [1.165, 1.54) is 6.20 Å². The summed E-state index contributed by atoms with van der Waals surface area (Å²) in [6.07, 6.45) is 4.91. The summed E-state index contributed by atoms with van der Waals surface area (Å²) in [4.78, 5) is 26.6. The molecule has 3 N–H and O–H groups in total. The van der Waals surface area contributed by atoms with Gasteiger partial charge < -0.3 is 29.7 Å². The summed E-state index contributed by atoms with van der Waals surface area (Å²) in [7, 11) is 1.63. The van der Waals surface area contributed by atoms with E-state index in [2.05, 4.69) is 30.5 Å². The maximum Gasteiger partial charge on any atom is 0.311 e. The molecule has 0 atom stereocenters. The second kappa shape index (κ2) is 8.11. The summed E-state index contributed by atoms with van der Waals surface area (Å²) < 4.78 is 11.0. The van der Waals surface area contributed by atoms with Crippen LogP contribution in [0, 0.1) is 0 Å². The molecule has 0 saturated carbocycles. The van der Waals surface area contributed by atoms with Crippen molar-refractivity contribution in [3.05, 3.63) is 54.8 Å². The zero-order valence-electron chi connectivity index (χ0n) is 17.0. The normalized spacial score (nSPS) is 14.0. The molecule has 9 nitrogen and oxygen atoms in total. The Morgan fingerprint density at radius 2 is 2.06 bits per heavy atom. The molecule has 0 radical (unpaired) electrons. The molecule has 5 rings (SSSR count). The molecule has 0 unspecified atom stereocenters. The van der Waals surface area contributed by atoms with Gasteiger partial charge in [-0.3, -0.25) is 9.78 Å². The highest BCUT2D eigenvalue weighted by Crippen LogP contribution is 2.28. The third-order valence-electron chi connectivity index (χ3n) is 5.30. The van der Waals surface area contributed by atoms with Crippen LogP contribution in [0.4, 0.5) is 11.4 Å². The summed E-state index contributed by atoms with van der Waals surface area (Å²) in [6, 6.07) is 9.58. The van der Waals surface area contributed by atoms with Crippen molar-refractivity contribution in [1.29, 1.82) is 0 Å². The average Bonchev–Trinajstić information content (AvgIpc) is 3.47. The summed E-state index contributed by atoms with van der Waals surface area (Å²) in [6.45, 7) is 3.52. The third kappa shape index (κ3) is 3.82. The molecule has 1 aliphatic heterocycles. The standard InChI is InChI=1S/C22H22N6O3/c1-30-15-2-3-16-14(10-15)11-17(26-16)20-13-25-22(31-20)21(29)27-18-12-24-5-4-19(18)28-8-6-23-7-9-28/h2-5,10-13,23,26H,6-9H2,1H3,(H,27,29). The number of pyridine rings is 1. The molecule has 4 aromatic rings. The van der Waals surface area contributed by atoms with Gasteiger partial charge in [0.25, 0.3) is 5.89 Å². The Labute approximate surface area is 178 Å². The van der Waals surface area contributed by atoms with Crippen LogP contribution in [0.5, 0.6) is 5.75 Å². The maximum atomic E-state index is 12.8. The Bertz CT molecular complexity index is 1220. The van der Waals surface area contributed by atoms with Crippen molar-refractivity contribution in [2.45, 2.75) is 0 Å². The van der Waals surface area contributed by atoms with E-state index in [1.807, 2.05) is 30.3 Å². The van der Waals surface area contributed by atoms with E-state index in [4.69, 9.17) is 9.15 Å². The fraction of sp³-hybridized carbons (Fsp3) is 0.227. The lowest BCUT2D eigenvalue weighted by molar-refractivity contribution is 0.0991. The molecular formula is C22H22N6O3. The van der Waals surface area contributed by atoms with E-state index in [0.29, 0.717) is 11.4 Å². The number of nitrogens with one attached hydrogen (secondary N) is 3. The van der Waals surface area contributed by atoms with Crippen molar-refractivity contribution < 1.29 is 13.9 Å². The number of fused-ring (bicyclic) bond motifs is 1. The zero-order chi connectivity index (χ0) is 21.2. The van der Waals surface area contributed by atoms with E-state index >= 15 is 0 Å². The number of nitrogens with zero attached hydrogens (tertiary/aromatic N) is 3. The number of H-pyrrole nitrogens is 1. The van der Waals surface area contributed by atoms with Gasteiger partial charge >= 0.3 is 5.91 Å². The lowest BCUT2D eigenvalue weighted by atomic mass is 10.2. The predicted octanol–water partition coefficient (Wildman–Crippen LogP) is 2.89. The topological polar surface area (TPSA) is 108 Å². The number of piperazine rings is 1. The Balaban J connectivity index is 1.36. The highest BCUT2D eigenvalue weighted by atomic mass is 16.5. The maximum absolute atomic E-state index is 12.8. The molecule has 0 aliphatic carbocycles. The SMILES string of the molecule is COc1ccc2[nH]c(-c3cnc(C(=O)Nc4cnccc4N4CCNCC4)o3)cc2c1. The number of ether oxygens (including phenoxy) is 1. The fourth-order valence-electron chi connectivity index (χ4n) is 3.71. The van der Waals surface area contributed by atoms with Crippen molar-refractivity contribution >= 4 is 28.2 Å². The minimum Gasteiger partial charge on any atom is -0.497 e. The molecule has 1 saturated heterocycles. The van der Waals surface area contributed by atoms with Crippen LogP contribution in [0.1, 0.15) is 10.7 Å². The van der Waals surface area contributed by atoms with Gasteiger partial charge in [-0.15, -0.1) is 0 Å². The number of hydrogen-bond donors (Lipinski definition) is 3. The first-order chi connectivity index (χ1) is 15.2. The summed E-state index contributed by atoms with van der Waals surface area (Å²) in [5, 5.41) is 7.19. The van der Waals surface area contributed by atoms with Gasteiger partial charge in [-0.25, -0.2) is 4.98 Å². The number of benzene rings is 1. The molecular weight excluding hydrogens is 396 g/mol. The third-order valence-corrected chi connectivity index (χ3v) is 5.30. The molecule has 1 fully saturated rings. The molecule has 4 heterocycles. The van der Waals surface area contributed by atoms with Gasteiger partial charge in [0.1, 0.15) is 5.75 Å².